The second kappa shape index (κ2) is 32.0. The smallest absolute Gasteiger partial charge is 0.305 e. The number of hydrogen-bond donors (Lipinski definition) is 0. The van der Waals surface area contributed by atoms with Crippen molar-refractivity contribution in [2.45, 2.75) is 181 Å². The highest BCUT2D eigenvalue weighted by atomic mass is 16.5. The lowest BCUT2D eigenvalue weighted by atomic mass is 10.1. The van der Waals surface area contributed by atoms with Crippen molar-refractivity contribution < 1.29 is 9.53 Å². The first kappa shape index (κ1) is 35.0. The van der Waals surface area contributed by atoms with Gasteiger partial charge in [0.05, 0.1) is 6.61 Å². The number of esters is 1. The Bertz CT molecular complexity index is 480. The quantitative estimate of drug-likeness (QED) is 0.0575. The topological polar surface area (TPSA) is 26.3 Å². The molecule has 0 aliphatic carbocycles. The second-order valence-corrected chi connectivity index (χ2v) is 10.8. The number of rotatable bonds is 29. The molecule has 0 heterocycles. The van der Waals surface area contributed by atoms with Gasteiger partial charge in [-0.05, 0) is 64.2 Å². The third-order valence-corrected chi connectivity index (χ3v) is 7.06. The molecule has 0 unspecified atom stereocenters. The van der Waals surface area contributed by atoms with Crippen LogP contribution in [0.2, 0.25) is 0 Å². The molecule has 0 N–H and O–H groups in total. The fraction of sp³-hybridized carbons (Fsp3) is 0.853. The van der Waals surface area contributed by atoms with E-state index in [2.05, 4.69) is 38.2 Å². The van der Waals surface area contributed by atoms with Crippen molar-refractivity contribution >= 4 is 5.97 Å². The molecule has 0 fully saturated rings. The number of carbonyl (C=O) groups is 1. The van der Waals surface area contributed by atoms with Crippen LogP contribution >= 0.6 is 0 Å². The normalized spacial score (nSPS) is 11.7. The van der Waals surface area contributed by atoms with E-state index in [1.807, 2.05) is 0 Å². The largest absolute Gasteiger partial charge is 0.466 e. The van der Waals surface area contributed by atoms with Gasteiger partial charge in [0.2, 0.25) is 0 Å². The van der Waals surface area contributed by atoms with Gasteiger partial charge < -0.3 is 4.74 Å². The van der Waals surface area contributed by atoms with Crippen LogP contribution in [0.25, 0.3) is 0 Å². The minimum absolute atomic E-state index is 0.0102. The van der Waals surface area contributed by atoms with Gasteiger partial charge in [0.1, 0.15) is 0 Å². The Morgan fingerprint density at radius 2 is 0.778 bits per heavy atom. The molecule has 2 heteroatoms. The van der Waals surface area contributed by atoms with Crippen LogP contribution in [0, 0.1) is 0 Å². The van der Waals surface area contributed by atoms with Gasteiger partial charge in [-0.15, -0.1) is 0 Å². The van der Waals surface area contributed by atoms with Gasteiger partial charge in [-0.2, -0.15) is 0 Å². The van der Waals surface area contributed by atoms with Crippen LogP contribution in [0.5, 0.6) is 0 Å². The zero-order valence-electron chi connectivity index (χ0n) is 24.7. The molecule has 212 valence electrons. The average Bonchev–Trinajstić information content (AvgIpc) is 2.88. The van der Waals surface area contributed by atoms with Crippen LogP contribution in [-0.4, -0.2) is 12.6 Å². The van der Waals surface area contributed by atoms with Crippen LogP contribution in [0.15, 0.2) is 24.3 Å². The molecule has 0 rings (SSSR count). The zero-order valence-corrected chi connectivity index (χ0v) is 24.7. The molecule has 0 aromatic rings. The van der Waals surface area contributed by atoms with E-state index in [0.717, 1.165) is 19.3 Å². The standard InChI is InChI=1S/C34H64O2/c1-3-5-7-9-11-13-15-17-18-19-21-23-25-27-29-31-33-36-34(35)32-30-28-26-24-22-20-16-14-12-10-8-6-4-2/h13-16H,3-12,17-33H2,1-2H3/b15-13-,16-14-. The number of unbranched alkanes of at least 4 members (excludes halogenated alkanes) is 21. The summed E-state index contributed by atoms with van der Waals surface area (Å²) in [5.41, 5.74) is 0. The highest BCUT2D eigenvalue weighted by Gasteiger charge is 2.02. The van der Waals surface area contributed by atoms with Crippen LogP contribution in [0.1, 0.15) is 181 Å². The van der Waals surface area contributed by atoms with E-state index < -0.39 is 0 Å². The van der Waals surface area contributed by atoms with Crippen molar-refractivity contribution in [2.24, 2.45) is 0 Å². The molecule has 0 spiro atoms. The fourth-order valence-corrected chi connectivity index (χ4v) is 4.59. The van der Waals surface area contributed by atoms with Crippen molar-refractivity contribution in [3.05, 3.63) is 24.3 Å². The molecule has 0 saturated heterocycles. The average molecular weight is 505 g/mol. The molecule has 36 heavy (non-hydrogen) atoms. The molecule has 0 radical (unpaired) electrons. The summed E-state index contributed by atoms with van der Waals surface area (Å²) in [6, 6.07) is 0. The summed E-state index contributed by atoms with van der Waals surface area (Å²) in [4.78, 5) is 11.9. The minimum Gasteiger partial charge on any atom is -0.466 e. The monoisotopic (exact) mass is 504 g/mol. The van der Waals surface area contributed by atoms with Crippen molar-refractivity contribution in [3.63, 3.8) is 0 Å². The first-order valence-corrected chi connectivity index (χ1v) is 16.3. The fourth-order valence-electron chi connectivity index (χ4n) is 4.59. The van der Waals surface area contributed by atoms with Gasteiger partial charge >= 0.3 is 5.97 Å². The molecule has 0 saturated carbocycles. The summed E-state index contributed by atoms with van der Waals surface area (Å²) in [5.74, 6) is 0.0102. The summed E-state index contributed by atoms with van der Waals surface area (Å²) in [6.07, 6.45) is 42.2. The van der Waals surface area contributed by atoms with Crippen LogP contribution in [0.4, 0.5) is 0 Å². The minimum atomic E-state index is 0.0102. The Balaban J connectivity index is 3.21. The summed E-state index contributed by atoms with van der Waals surface area (Å²) in [6.45, 7) is 5.15. The van der Waals surface area contributed by atoms with Gasteiger partial charge in [0.25, 0.3) is 0 Å². The second-order valence-electron chi connectivity index (χ2n) is 10.8. The molecule has 0 aromatic heterocycles. The molecule has 0 aliphatic heterocycles. The van der Waals surface area contributed by atoms with Crippen molar-refractivity contribution in [3.8, 4) is 0 Å². The first-order chi connectivity index (χ1) is 17.8. The van der Waals surface area contributed by atoms with E-state index in [-0.39, 0.29) is 5.97 Å². The Morgan fingerprint density at radius 1 is 0.444 bits per heavy atom. The summed E-state index contributed by atoms with van der Waals surface area (Å²) < 4.78 is 5.41. The maximum atomic E-state index is 11.9. The van der Waals surface area contributed by atoms with Crippen LogP contribution in [0.3, 0.4) is 0 Å². The van der Waals surface area contributed by atoms with Gasteiger partial charge in [-0.3, -0.25) is 4.79 Å². The maximum Gasteiger partial charge on any atom is 0.305 e. The van der Waals surface area contributed by atoms with E-state index in [9.17, 15) is 4.79 Å². The highest BCUT2D eigenvalue weighted by molar-refractivity contribution is 5.69. The van der Waals surface area contributed by atoms with E-state index in [1.165, 1.54) is 141 Å². The number of carbonyl (C=O) groups excluding carboxylic acids is 1. The molecule has 0 aromatic carbocycles. The van der Waals surface area contributed by atoms with Crippen LogP contribution < -0.4 is 0 Å². The van der Waals surface area contributed by atoms with Crippen LogP contribution in [-0.2, 0) is 9.53 Å². The van der Waals surface area contributed by atoms with E-state index >= 15 is 0 Å². The highest BCUT2D eigenvalue weighted by Crippen LogP contribution is 2.12. The summed E-state index contributed by atoms with van der Waals surface area (Å²) in [5, 5.41) is 0. The maximum absolute atomic E-state index is 11.9. The number of allylic oxidation sites excluding steroid dienone is 4. The van der Waals surface area contributed by atoms with Crippen molar-refractivity contribution in [1.29, 1.82) is 0 Å². The van der Waals surface area contributed by atoms with E-state index in [1.54, 1.807) is 0 Å². The molecule has 2 nitrogen and oxygen atoms in total. The van der Waals surface area contributed by atoms with E-state index in [0.29, 0.717) is 13.0 Å². The Kier molecular flexibility index (Phi) is 31.0. The predicted octanol–water partition coefficient (Wildman–Crippen LogP) is 11.8. The van der Waals surface area contributed by atoms with Gasteiger partial charge in [-0.1, -0.05) is 134 Å². The molecule has 0 aliphatic rings. The van der Waals surface area contributed by atoms with Gasteiger partial charge in [0, 0.05) is 6.42 Å². The number of ether oxygens (including phenoxy) is 1. The molecular formula is C34H64O2. The lowest BCUT2D eigenvalue weighted by Gasteiger charge is -2.05. The lowest BCUT2D eigenvalue weighted by molar-refractivity contribution is -0.143. The third-order valence-electron chi connectivity index (χ3n) is 7.06. The van der Waals surface area contributed by atoms with Gasteiger partial charge in [-0.25, -0.2) is 0 Å². The van der Waals surface area contributed by atoms with Crippen molar-refractivity contribution in [1.82, 2.24) is 0 Å². The van der Waals surface area contributed by atoms with Crippen molar-refractivity contribution in [2.75, 3.05) is 6.61 Å². The molecule has 0 amide bonds. The van der Waals surface area contributed by atoms with E-state index in [4.69, 9.17) is 4.74 Å². The predicted molar refractivity (Wildman–Crippen MR) is 161 cm³/mol. The third kappa shape index (κ3) is 31.0. The molecule has 0 atom stereocenters. The summed E-state index contributed by atoms with van der Waals surface area (Å²) in [7, 11) is 0. The van der Waals surface area contributed by atoms with Gasteiger partial charge in [0.15, 0.2) is 0 Å². The number of hydrogen-bond acceptors (Lipinski definition) is 2. The Hall–Kier alpha value is -1.05. The Morgan fingerprint density at radius 3 is 1.19 bits per heavy atom. The molecule has 0 bridgehead atoms. The zero-order chi connectivity index (χ0) is 26.2. The lowest BCUT2D eigenvalue weighted by Crippen LogP contribution is -2.05. The molecular weight excluding hydrogens is 440 g/mol. The Labute approximate surface area is 227 Å². The SMILES string of the molecule is CCCCCC/C=C\CCCCCCCCCCOC(=O)CCCCCCC/C=C\CCCCCC. The first-order valence-electron chi connectivity index (χ1n) is 16.3. The summed E-state index contributed by atoms with van der Waals surface area (Å²) >= 11 is 0.